The highest BCUT2D eigenvalue weighted by Gasteiger charge is 2.14. The molecule has 0 saturated carbocycles. The number of sulfonamides is 1. The Labute approximate surface area is 108 Å². The lowest BCUT2D eigenvalue weighted by Crippen LogP contribution is -2.18. The van der Waals surface area contributed by atoms with E-state index in [9.17, 15) is 12.8 Å². The topological polar surface area (TPSA) is 66.4 Å². The van der Waals surface area contributed by atoms with Gasteiger partial charge in [0, 0.05) is 11.1 Å². The van der Waals surface area contributed by atoms with Crippen LogP contribution in [-0.4, -0.2) is 25.9 Å². The van der Waals surface area contributed by atoms with Gasteiger partial charge in [0.1, 0.15) is 5.82 Å². The van der Waals surface area contributed by atoms with Gasteiger partial charge >= 0.3 is 0 Å². The molecule has 0 unspecified atom stereocenters. The molecule has 0 aliphatic carbocycles. The number of aliphatic hydroxyl groups is 1. The smallest absolute Gasteiger partial charge is 0.232 e. The lowest BCUT2D eigenvalue weighted by atomic mass is 10.3. The van der Waals surface area contributed by atoms with Gasteiger partial charge in [0.25, 0.3) is 0 Å². The van der Waals surface area contributed by atoms with Crippen LogP contribution in [0, 0.1) is 5.82 Å². The van der Waals surface area contributed by atoms with E-state index in [0.717, 1.165) is 0 Å². The van der Waals surface area contributed by atoms with Gasteiger partial charge in [0.15, 0.2) is 0 Å². The van der Waals surface area contributed by atoms with Crippen LogP contribution >= 0.6 is 15.9 Å². The molecule has 0 aliphatic rings. The molecule has 1 rings (SSSR count). The van der Waals surface area contributed by atoms with E-state index in [1.807, 2.05) is 0 Å². The maximum atomic E-state index is 13.4. The molecule has 1 aromatic rings. The van der Waals surface area contributed by atoms with Crippen LogP contribution in [0.1, 0.15) is 12.8 Å². The summed E-state index contributed by atoms with van der Waals surface area (Å²) in [6.45, 7) is -0.0566. The summed E-state index contributed by atoms with van der Waals surface area (Å²) in [7, 11) is -3.58. The molecular formula is C10H13BrFNO3S. The number of rotatable bonds is 6. The predicted octanol–water partition coefficient (Wildman–Crippen LogP) is 2.10. The Morgan fingerprint density at radius 3 is 2.65 bits per heavy atom. The van der Waals surface area contributed by atoms with Crippen molar-refractivity contribution < 1.29 is 17.9 Å². The van der Waals surface area contributed by atoms with Gasteiger partial charge in [-0.3, -0.25) is 4.72 Å². The number of halogens is 2. The first-order valence-corrected chi connectivity index (χ1v) is 7.46. The summed E-state index contributed by atoms with van der Waals surface area (Å²) in [4.78, 5) is 0. The lowest BCUT2D eigenvalue weighted by molar-refractivity contribution is 0.287. The van der Waals surface area contributed by atoms with Gasteiger partial charge in [0.2, 0.25) is 10.0 Å². The van der Waals surface area contributed by atoms with Crippen molar-refractivity contribution in [3.63, 3.8) is 0 Å². The van der Waals surface area contributed by atoms with E-state index < -0.39 is 15.8 Å². The van der Waals surface area contributed by atoms with Crippen molar-refractivity contribution in [1.29, 1.82) is 0 Å². The van der Waals surface area contributed by atoms with E-state index in [1.54, 1.807) is 6.07 Å². The van der Waals surface area contributed by atoms with Gasteiger partial charge in [-0.25, -0.2) is 12.8 Å². The largest absolute Gasteiger partial charge is 0.396 e. The third kappa shape index (κ3) is 4.61. The van der Waals surface area contributed by atoms with E-state index in [2.05, 4.69) is 20.7 Å². The van der Waals surface area contributed by atoms with Crippen LogP contribution in [0.15, 0.2) is 22.7 Å². The van der Waals surface area contributed by atoms with E-state index >= 15 is 0 Å². The highest BCUT2D eigenvalue weighted by molar-refractivity contribution is 9.10. The van der Waals surface area contributed by atoms with E-state index in [0.29, 0.717) is 17.3 Å². The molecule has 0 spiro atoms. The minimum Gasteiger partial charge on any atom is -0.396 e. The van der Waals surface area contributed by atoms with Crippen LogP contribution in [-0.2, 0) is 10.0 Å². The van der Waals surface area contributed by atoms with E-state index in [4.69, 9.17) is 5.11 Å². The number of unbranched alkanes of at least 4 members (excludes halogenated alkanes) is 1. The SMILES string of the molecule is O=S(=O)(CCCCO)Nc1c(F)cccc1Br. The Morgan fingerprint density at radius 1 is 1.35 bits per heavy atom. The highest BCUT2D eigenvalue weighted by atomic mass is 79.9. The Morgan fingerprint density at radius 2 is 2.06 bits per heavy atom. The van der Waals surface area contributed by atoms with Gasteiger partial charge in [0.05, 0.1) is 11.4 Å². The van der Waals surface area contributed by atoms with Crippen LogP contribution in [0.3, 0.4) is 0 Å². The van der Waals surface area contributed by atoms with Crippen molar-refractivity contribution in [3.05, 3.63) is 28.5 Å². The number of benzene rings is 1. The Balaban J connectivity index is 2.76. The van der Waals surface area contributed by atoms with Crippen molar-refractivity contribution >= 4 is 31.6 Å². The second kappa shape index (κ2) is 6.32. The molecule has 0 aromatic heterocycles. The lowest BCUT2D eigenvalue weighted by Gasteiger charge is -2.10. The van der Waals surface area contributed by atoms with Crippen molar-refractivity contribution in [1.82, 2.24) is 0 Å². The van der Waals surface area contributed by atoms with Gasteiger partial charge in [-0.15, -0.1) is 0 Å². The van der Waals surface area contributed by atoms with Crippen molar-refractivity contribution in [2.75, 3.05) is 17.1 Å². The molecule has 4 nitrogen and oxygen atoms in total. The van der Waals surface area contributed by atoms with Crippen LogP contribution in [0.25, 0.3) is 0 Å². The number of hydrogen-bond acceptors (Lipinski definition) is 3. The maximum Gasteiger partial charge on any atom is 0.232 e. The molecule has 0 radical (unpaired) electrons. The molecule has 2 N–H and O–H groups in total. The zero-order chi connectivity index (χ0) is 12.9. The van der Waals surface area contributed by atoms with Gasteiger partial charge in [-0.1, -0.05) is 6.07 Å². The summed E-state index contributed by atoms with van der Waals surface area (Å²) in [6, 6.07) is 4.20. The minimum absolute atomic E-state index is 0.0566. The number of aliphatic hydroxyl groups excluding tert-OH is 1. The van der Waals surface area contributed by atoms with Gasteiger partial charge < -0.3 is 5.11 Å². The molecule has 0 heterocycles. The quantitative estimate of drug-likeness (QED) is 0.787. The molecule has 0 saturated heterocycles. The number of anilines is 1. The molecule has 17 heavy (non-hydrogen) atoms. The third-order valence-corrected chi connectivity index (χ3v) is 4.04. The average molecular weight is 326 g/mol. The van der Waals surface area contributed by atoms with Crippen LogP contribution < -0.4 is 4.72 Å². The molecule has 0 fully saturated rings. The van der Waals surface area contributed by atoms with Crippen molar-refractivity contribution in [3.8, 4) is 0 Å². The zero-order valence-electron chi connectivity index (χ0n) is 8.99. The molecule has 0 atom stereocenters. The minimum atomic E-state index is -3.58. The van der Waals surface area contributed by atoms with Crippen LogP contribution in [0.2, 0.25) is 0 Å². The fraction of sp³-hybridized carbons (Fsp3) is 0.400. The first-order valence-electron chi connectivity index (χ1n) is 5.01. The summed E-state index contributed by atoms with van der Waals surface area (Å²) in [5.41, 5.74) is -0.0866. The Kier molecular flexibility index (Phi) is 5.35. The summed E-state index contributed by atoms with van der Waals surface area (Å²) in [5.74, 6) is -0.779. The van der Waals surface area contributed by atoms with Crippen molar-refractivity contribution in [2.24, 2.45) is 0 Å². The average Bonchev–Trinajstić information content (AvgIpc) is 2.24. The fourth-order valence-corrected chi connectivity index (χ4v) is 2.98. The first-order chi connectivity index (χ1) is 7.96. The molecule has 0 aliphatic heterocycles. The van der Waals surface area contributed by atoms with Crippen molar-refractivity contribution in [2.45, 2.75) is 12.8 Å². The first kappa shape index (κ1) is 14.4. The van der Waals surface area contributed by atoms with Gasteiger partial charge in [-0.2, -0.15) is 0 Å². The third-order valence-electron chi connectivity index (χ3n) is 2.04. The van der Waals surface area contributed by atoms with Gasteiger partial charge in [-0.05, 0) is 40.9 Å². The fourth-order valence-electron chi connectivity index (χ4n) is 1.21. The van der Waals surface area contributed by atoms with E-state index in [-0.39, 0.29) is 18.0 Å². The molecular weight excluding hydrogens is 313 g/mol. The second-order valence-corrected chi connectivity index (χ2v) is 6.14. The highest BCUT2D eigenvalue weighted by Crippen LogP contribution is 2.26. The zero-order valence-corrected chi connectivity index (χ0v) is 11.4. The molecule has 0 bridgehead atoms. The molecule has 7 heteroatoms. The molecule has 0 amide bonds. The van der Waals surface area contributed by atoms with Crippen LogP contribution in [0.4, 0.5) is 10.1 Å². The Bertz CT molecular complexity index is 458. The normalized spacial score (nSPS) is 11.5. The second-order valence-electron chi connectivity index (χ2n) is 3.45. The molecule has 1 aromatic carbocycles. The van der Waals surface area contributed by atoms with Crippen LogP contribution in [0.5, 0.6) is 0 Å². The monoisotopic (exact) mass is 325 g/mol. The summed E-state index contributed by atoms with van der Waals surface area (Å²) >= 11 is 3.07. The van der Waals surface area contributed by atoms with E-state index in [1.165, 1.54) is 12.1 Å². The summed E-state index contributed by atoms with van der Waals surface area (Å²) < 4.78 is 39.1. The maximum absolute atomic E-state index is 13.4. The summed E-state index contributed by atoms with van der Waals surface area (Å²) in [6.07, 6.45) is 0.733. The number of hydrogen-bond donors (Lipinski definition) is 2. The number of para-hydroxylation sites is 1. The standard InChI is InChI=1S/C10H13BrFNO3S/c11-8-4-3-5-9(12)10(8)13-17(15,16)7-2-1-6-14/h3-5,13-14H,1-2,6-7H2. The predicted molar refractivity (Wildman–Crippen MR) is 67.8 cm³/mol. The summed E-state index contributed by atoms with van der Waals surface area (Å²) in [5, 5.41) is 8.56. The number of nitrogens with one attached hydrogen (secondary N) is 1. The molecule has 96 valence electrons. The Hall–Kier alpha value is -0.660.